The molecule has 1 aromatic heterocycles. The minimum atomic E-state index is -3.86. The van der Waals surface area contributed by atoms with Crippen molar-refractivity contribution in [1.29, 1.82) is 0 Å². The van der Waals surface area contributed by atoms with Crippen molar-refractivity contribution in [3.05, 3.63) is 59.4 Å². The van der Waals surface area contributed by atoms with Crippen molar-refractivity contribution in [2.24, 2.45) is 5.14 Å². The lowest BCUT2D eigenvalue weighted by atomic mass is 10.1. The van der Waals surface area contributed by atoms with Gasteiger partial charge in [0.2, 0.25) is 10.0 Å². The predicted molar refractivity (Wildman–Crippen MR) is 91.5 cm³/mol. The summed E-state index contributed by atoms with van der Waals surface area (Å²) in [5.74, 6) is -0.311. The highest BCUT2D eigenvalue weighted by molar-refractivity contribution is 7.89. The maximum atomic E-state index is 12.4. The van der Waals surface area contributed by atoms with Gasteiger partial charge in [0.25, 0.3) is 5.91 Å². The average molecular weight is 344 g/mol. The molecular weight excluding hydrogens is 328 g/mol. The molecule has 0 fully saturated rings. The molecule has 0 aliphatic rings. The van der Waals surface area contributed by atoms with Crippen molar-refractivity contribution >= 4 is 32.6 Å². The first kappa shape index (κ1) is 16.2. The van der Waals surface area contributed by atoms with Crippen LogP contribution < -0.4 is 10.5 Å². The number of hydrogen-bond acceptors (Lipinski definition) is 4. The molecule has 24 heavy (non-hydrogen) atoms. The number of carbonyl (C=O) groups excluding carboxylic acids is 1. The lowest BCUT2D eigenvalue weighted by Gasteiger charge is -2.12. The predicted octanol–water partition coefficient (Wildman–Crippen LogP) is 2.95. The van der Waals surface area contributed by atoms with E-state index in [0.29, 0.717) is 16.8 Å². The van der Waals surface area contributed by atoms with Gasteiger partial charge in [-0.2, -0.15) is 0 Å². The van der Waals surface area contributed by atoms with Gasteiger partial charge in [0.1, 0.15) is 5.58 Å². The van der Waals surface area contributed by atoms with E-state index in [1.54, 1.807) is 26.0 Å². The second kappa shape index (κ2) is 5.77. The third-order valence-corrected chi connectivity index (χ3v) is 4.76. The number of carbonyl (C=O) groups is 1. The van der Waals surface area contributed by atoms with Crippen LogP contribution in [0.4, 0.5) is 5.69 Å². The Morgan fingerprint density at radius 2 is 1.83 bits per heavy atom. The van der Waals surface area contributed by atoms with Crippen LogP contribution in [-0.2, 0) is 10.0 Å². The Hall–Kier alpha value is -2.64. The SMILES string of the molecule is Cc1cc(S(N)(=O)=O)cc(NC(=O)c2cc3ccccc3o2)c1C. The summed E-state index contributed by atoms with van der Waals surface area (Å²) in [6, 6.07) is 11.7. The molecule has 0 aliphatic carbocycles. The molecule has 0 spiro atoms. The molecule has 0 radical (unpaired) electrons. The number of nitrogens with two attached hydrogens (primary N) is 1. The van der Waals surface area contributed by atoms with Gasteiger partial charge in [-0.3, -0.25) is 4.79 Å². The van der Waals surface area contributed by atoms with Crippen molar-refractivity contribution in [1.82, 2.24) is 0 Å². The van der Waals surface area contributed by atoms with Crippen LogP contribution in [0.3, 0.4) is 0 Å². The van der Waals surface area contributed by atoms with Crippen LogP contribution in [0.25, 0.3) is 11.0 Å². The lowest BCUT2D eigenvalue weighted by Crippen LogP contribution is -2.16. The highest BCUT2D eigenvalue weighted by Crippen LogP contribution is 2.25. The Balaban J connectivity index is 1.98. The first-order chi connectivity index (χ1) is 11.3. The smallest absolute Gasteiger partial charge is 0.291 e. The fraction of sp³-hybridized carbons (Fsp3) is 0.118. The molecule has 3 aromatic rings. The number of nitrogens with one attached hydrogen (secondary N) is 1. The zero-order valence-electron chi connectivity index (χ0n) is 13.2. The molecule has 0 atom stereocenters. The van der Waals surface area contributed by atoms with Crippen LogP contribution in [0.5, 0.6) is 0 Å². The first-order valence-electron chi connectivity index (χ1n) is 7.19. The number of sulfonamides is 1. The molecule has 1 heterocycles. The summed E-state index contributed by atoms with van der Waals surface area (Å²) in [4.78, 5) is 12.4. The third-order valence-electron chi connectivity index (χ3n) is 3.87. The van der Waals surface area contributed by atoms with E-state index in [-0.39, 0.29) is 10.7 Å². The van der Waals surface area contributed by atoms with E-state index >= 15 is 0 Å². The fourth-order valence-corrected chi connectivity index (χ4v) is 3.02. The van der Waals surface area contributed by atoms with Gasteiger partial charge in [-0.05, 0) is 49.2 Å². The Morgan fingerprint density at radius 1 is 1.12 bits per heavy atom. The van der Waals surface area contributed by atoms with Crippen LogP contribution >= 0.6 is 0 Å². The van der Waals surface area contributed by atoms with Gasteiger partial charge in [-0.1, -0.05) is 18.2 Å². The fourth-order valence-electron chi connectivity index (χ4n) is 2.40. The number of anilines is 1. The van der Waals surface area contributed by atoms with Gasteiger partial charge < -0.3 is 9.73 Å². The molecule has 7 heteroatoms. The quantitative estimate of drug-likeness (QED) is 0.762. The molecule has 0 aliphatic heterocycles. The Morgan fingerprint density at radius 3 is 2.50 bits per heavy atom. The molecule has 6 nitrogen and oxygen atoms in total. The van der Waals surface area contributed by atoms with Gasteiger partial charge >= 0.3 is 0 Å². The van der Waals surface area contributed by atoms with Crippen molar-refractivity contribution in [2.75, 3.05) is 5.32 Å². The number of rotatable bonds is 3. The minimum absolute atomic E-state index is 0.0505. The van der Waals surface area contributed by atoms with Crippen LogP contribution in [0.2, 0.25) is 0 Å². The van der Waals surface area contributed by atoms with Crippen molar-refractivity contribution < 1.29 is 17.6 Å². The number of hydrogen-bond donors (Lipinski definition) is 2. The molecule has 0 unspecified atom stereocenters. The molecule has 1 amide bonds. The van der Waals surface area contributed by atoms with E-state index < -0.39 is 15.9 Å². The van der Waals surface area contributed by atoms with Gasteiger partial charge in [-0.15, -0.1) is 0 Å². The zero-order chi connectivity index (χ0) is 17.5. The van der Waals surface area contributed by atoms with E-state index in [0.717, 1.165) is 10.9 Å². The summed E-state index contributed by atoms with van der Waals surface area (Å²) in [6.45, 7) is 3.54. The van der Waals surface area contributed by atoms with E-state index in [4.69, 9.17) is 9.56 Å². The Kier molecular flexibility index (Phi) is 3.90. The Labute approximate surface area is 139 Å². The number of primary sulfonamides is 1. The summed E-state index contributed by atoms with van der Waals surface area (Å²) in [5.41, 5.74) is 2.45. The normalized spacial score (nSPS) is 11.6. The third kappa shape index (κ3) is 3.04. The van der Waals surface area contributed by atoms with Crippen LogP contribution in [0.1, 0.15) is 21.7 Å². The molecule has 0 saturated carbocycles. The highest BCUT2D eigenvalue weighted by Gasteiger charge is 2.17. The van der Waals surface area contributed by atoms with Gasteiger partial charge in [0, 0.05) is 11.1 Å². The average Bonchev–Trinajstić information content (AvgIpc) is 2.94. The van der Waals surface area contributed by atoms with Crippen molar-refractivity contribution in [2.45, 2.75) is 18.7 Å². The lowest BCUT2D eigenvalue weighted by molar-refractivity contribution is 0.0998. The first-order valence-corrected chi connectivity index (χ1v) is 8.74. The number of benzene rings is 2. The molecule has 124 valence electrons. The van der Waals surface area contributed by atoms with Crippen molar-refractivity contribution in [3.8, 4) is 0 Å². The Bertz CT molecular complexity index is 1020. The summed E-state index contributed by atoms with van der Waals surface area (Å²) in [5, 5.41) is 8.68. The molecule has 0 saturated heterocycles. The number of aryl methyl sites for hydroxylation is 1. The molecular formula is C17H16N2O4S. The van der Waals surface area contributed by atoms with E-state index in [9.17, 15) is 13.2 Å². The van der Waals surface area contributed by atoms with E-state index in [2.05, 4.69) is 5.32 Å². The second-order valence-electron chi connectivity index (χ2n) is 5.56. The van der Waals surface area contributed by atoms with Crippen LogP contribution in [0.15, 0.2) is 51.8 Å². The maximum Gasteiger partial charge on any atom is 0.291 e. The van der Waals surface area contributed by atoms with Gasteiger partial charge in [0.15, 0.2) is 5.76 Å². The molecule has 3 N–H and O–H groups in total. The summed E-state index contributed by atoms with van der Waals surface area (Å²) >= 11 is 0. The summed E-state index contributed by atoms with van der Waals surface area (Å²) in [6.07, 6.45) is 0. The number of amides is 1. The summed E-state index contributed by atoms with van der Waals surface area (Å²) in [7, 11) is -3.86. The topological polar surface area (TPSA) is 102 Å². The molecule has 0 bridgehead atoms. The number of para-hydroxylation sites is 1. The summed E-state index contributed by atoms with van der Waals surface area (Å²) < 4.78 is 28.7. The maximum absolute atomic E-state index is 12.4. The second-order valence-corrected chi connectivity index (χ2v) is 7.12. The van der Waals surface area contributed by atoms with Crippen LogP contribution in [-0.4, -0.2) is 14.3 Å². The van der Waals surface area contributed by atoms with E-state index in [1.165, 1.54) is 12.1 Å². The standard InChI is InChI=1S/C17H16N2O4S/c1-10-7-13(24(18,21)22)9-14(11(10)2)19-17(20)16-8-12-5-3-4-6-15(12)23-16/h3-9H,1-2H3,(H,19,20)(H2,18,21,22). The highest BCUT2D eigenvalue weighted by atomic mass is 32.2. The number of fused-ring (bicyclic) bond motifs is 1. The molecule has 3 rings (SSSR count). The van der Waals surface area contributed by atoms with Crippen LogP contribution in [0, 0.1) is 13.8 Å². The molecule has 2 aromatic carbocycles. The monoisotopic (exact) mass is 344 g/mol. The number of furan rings is 1. The van der Waals surface area contributed by atoms with E-state index in [1.807, 2.05) is 18.2 Å². The van der Waals surface area contributed by atoms with Crippen molar-refractivity contribution in [3.63, 3.8) is 0 Å². The largest absolute Gasteiger partial charge is 0.451 e. The van der Waals surface area contributed by atoms with Gasteiger partial charge in [0.05, 0.1) is 4.90 Å². The minimum Gasteiger partial charge on any atom is -0.451 e. The zero-order valence-corrected chi connectivity index (χ0v) is 14.0. The van der Waals surface area contributed by atoms with Gasteiger partial charge in [-0.25, -0.2) is 13.6 Å².